The molecule has 24 heavy (non-hydrogen) atoms. The van der Waals surface area contributed by atoms with Crippen molar-refractivity contribution in [2.45, 2.75) is 70.5 Å². The van der Waals surface area contributed by atoms with Crippen LogP contribution < -0.4 is 0 Å². The molecule has 0 heterocycles. The second-order valence-electron chi connectivity index (χ2n) is 7.95. The average molecular weight is 330 g/mol. The van der Waals surface area contributed by atoms with Crippen LogP contribution in [0.3, 0.4) is 0 Å². The van der Waals surface area contributed by atoms with Crippen LogP contribution in [0.1, 0.15) is 64.4 Å². The van der Waals surface area contributed by atoms with Crippen molar-refractivity contribution in [3.05, 3.63) is 35.9 Å². The topological polar surface area (TPSA) is 46.5 Å². The highest BCUT2D eigenvalue weighted by Crippen LogP contribution is 2.42. The Bertz CT molecular complexity index is 549. The zero-order chi connectivity index (χ0) is 17.2. The molecular formula is C21H30O3. The lowest BCUT2D eigenvalue weighted by atomic mass is 9.79. The molecule has 0 aromatic heterocycles. The first-order valence-electron chi connectivity index (χ1n) is 9.50. The lowest BCUT2D eigenvalue weighted by molar-refractivity contribution is -0.184. The molecule has 2 saturated carbocycles. The van der Waals surface area contributed by atoms with Crippen molar-refractivity contribution in [3.63, 3.8) is 0 Å². The lowest BCUT2D eigenvalue weighted by Gasteiger charge is -2.37. The van der Waals surface area contributed by atoms with E-state index in [0.29, 0.717) is 17.4 Å². The van der Waals surface area contributed by atoms with Crippen molar-refractivity contribution < 1.29 is 14.6 Å². The van der Waals surface area contributed by atoms with Gasteiger partial charge in [0, 0.05) is 5.92 Å². The van der Waals surface area contributed by atoms with E-state index in [1.54, 1.807) is 0 Å². The second kappa shape index (κ2) is 7.26. The number of benzene rings is 1. The molecule has 0 saturated heterocycles. The fraction of sp³-hybridized carbons (Fsp3) is 0.667. The predicted octanol–water partition coefficient (Wildman–Crippen LogP) is 4.43. The fourth-order valence-corrected chi connectivity index (χ4v) is 4.43. The Kier molecular flexibility index (Phi) is 5.29. The Hall–Kier alpha value is -1.35. The van der Waals surface area contributed by atoms with Gasteiger partial charge in [-0.05, 0) is 43.1 Å². The standard InChI is InChI=1S/C21H30O3/c1-15-12-13-16(2)19(14-15)24-20(22)21(23,18-10-6-7-11-18)17-8-4-3-5-9-17/h3-5,8-9,15-16,18-19,23H,6-7,10-14H2,1-2H3/t15?,16?,19-,21-/m0/s1. The highest BCUT2D eigenvalue weighted by Gasteiger charge is 2.49. The van der Waals surface area contributed by atoms with Crippen LogP contribution in [0.25, 0.3) is 0 Å². The number of carbonyl (C=O) groups excluding carboxylic acids is 1. The molecule has 1 aromatic rings. The fourth-order valence-electron chi connectivity index (χ4n) is 4.43. The van der Waals surface area contributed by atoms with Crippen molar-refractivity contribution in [2.75, 3.05) is 0 Å². The molecule has 2 aliphatic rings. The van der Waals surface area contributed by atoms with Gasteiger partial charge in [0.2, 0.25) is 0 Å². The molecule has 2 fully saturated rings. The second-order valence-corrected chi connectivity index (χ2v) is 7.95. The largest absolute Gasteiger partial charge is 0.460 e. The number of rotatable bonds is 4. The van der Waals surface area contributed by atoms with Gasteiger partial charge in [0.15, 0.2) is 5.60 Å². The van der Waals surface area contributed by atoms with Gasteiger partial charge in [0.05, 0.1) is 0 Å². The highest BCUT2D eigenvalue weighted by molar-refractivity contribution is 5.81. The molecule has 3 heteroatoms. The van der Waals surface area contributed by atoms with Crippen LogP contribution in [0.15, 0.2) is 30.3 Å². The van der Waals surface area contributed by atoms with E-state index < -0.39 is 11.6 Å². The summed E-state index contributed by atoms with van der Waals surface area (Å²) in [5.74, 6) is 0.472. The number of ether oxygens (including phenoxy) is 1. The SMILES string of the molecule is CC1CCC(C)[C@@H](OC(=O)[C@](O)(c2ccccc2)C2CCCC2)C1. The predicted molar refractivity (Wildman–Crippen MR) is 94.4 cm³/mol. The first kappa shape index (κ1) is 17.5. The summed E-state index contributed by atoms with van der Waals surface area (Å²) in [6.45, 7) is 4.37. The van der Waals surface area contributed by atoms with Crippen LogP contribution in [0, 0.1) is 17.8 Å². The zero-order valence-electron chi connectivity index (χ0n) is 14.9. The van der Waals surface area contributed by atoms with E-state index in [1.165, 1.54) is 6.42 Å². The van der Waals surface area contributed by atoms with E-state index in [4.69, 9.17) is 4.74 Å². The summed E-state index contributed by atoms with van der Waals surface area (Å²) in [7, 11) is 0. The van der Waals surface area contributed by atoms with Crippen LogP contribution in [0.5, 0.6) is 0 Å². The maximum atomic E-state index is 13.1. The van der Waals surface area contributed by atoms with Gasteiger partial charge in [0.1, 0.15) is 6.10 Å². The Morgan fingerprint density at radius 1 is 1.08 bits per heavy atom. The summed E-state index contributed by atoms with van der Waals surface area (Å²) in [4.78, 5) is 13.1. The van der Waals surface area contributed by atoms with E-state index in [9.17, 15) is 9.90 Å². The Labute approximate surface area is 145 Å². The highest BCUT2D eigenvalue weighted by atomic mass is 16.6. The van der Waals surface area contributed by atoms with Crippen molar-refractivity contribution in [1.29, 1.82) is 0 Å². The van der Waals surface area contributed by atoms with Gasteiger partial charge >= 0.3 is 5.97 Å². The quantitative estimate of drug-likeness (QED) is 0.831. The van der Waals surface area contributed by atoms with Gasteiger partial charge in [-0.25, -0.2) is 4.79 Å². The van der Waals surface area contributed by atoms with E-state index in [1.807, 2.05) is 30.3 Å². The van der Waals surface area contributed by atoms with Crippen molar-refractivity contribution in [1.82, 2.24) is 0 Å². The molecule has 3 rings (SSSR count). The number of carbonyl (C=O) groups is 1. The number of aliphatic hydroxyl groups is 1. The van der Waals surface area contributed by atoms with E-state index in [-0.39, 0.29) is 12.0 Å². The summed E-state index contributed by atoms with van der Waals surface area (Å²) >= 11 is 0. The minimum Gasteiger partial charge on any atom is -0.460 e. The summed E-state index contributed by atoms with van der Waals surface area (Å²) in [5, 5.41) is 11.5. The molecule has 0 radical (unpaired) electrons. The van der Waals surface area contributed by atoms with Crippen LogP contribution >= 0.6 is 0 Å². The van der Waals surface area contributed by atoms with Crippen LogP contribution in [0.4, 0.5) is 0 Å². The third-order valence-corrected chi connectivity index (χ3v) is 6.11. The first-order chi connectivity index (χ1) is 11.5. The van der Waals surface area contributed by atoms with Crippen molar-refractivity contribution in [3.8, 4) is 0 Å². The van der Waals surface area contributed by atoms with Crippen molar-refractivity contribution in [2.24, 2.45) is 17.8 Å². The van der Waals surface area contributed by atoms with Crippen molar-refractivity contribution >= 4 is 5.97 Å². The summed E-state index contributed by atoms with van der Waals surface area (Å²) in [6, 6.07) is 9.38. The minimum atomic E-state index is -1.50. The third kappa shape index (κ3) is 3.37. The summed E-state index contributed by atoms with van der Waals surface area (Å²) in [6.07, 6.45) is 7.04. The number of hydrogen-bond acceptors (Lipinski definition) is 3. The van der Waals surface area contributed by atoms with E-state index in [0.717, 1.165) is 38.5 Å². The van der Waals surface area contributed by atoms with Crippen LogP contribution in [-0.4, -0.2) is 17.2 Å². The average Bonchev–Trinajstić information content (AvgIpc) is 3.13. The Morgan fingerprint density at radius 3 is 2.42 bits per heavy atom. The zero-order valence-corrected chi connectivity index (χ0v) is 14.9. The Morgan fingerprint density at radius 2 is 1.75 bits per heavy atom. The normalized spacial score (nSPS) is 30.7. The molecule has 2 aliphatic carbocycles. The minimum absolute atomic E-state index is 0.0382. The molecule has 0 bridgehead atoms. The molecule has 4 atom stereocenters. The molecule has 1 N–H and O–H groups in total. The summed E-state index contributed by atoms with van der Waals surface area (Å²) < 4.78 is 5.92. The smallest absolute Gasteiger partial charge is 0.343 e. The molecule has 0 amide bonds. The van der Waals surface area contributed by atoms with Gasteiger partial charge in [-0.1, -0.05) is 63.4 Å². The Balaban J connectivity index is 1.84. The third-order valence-electron chi connectivity index (χ3n) is 6.11. The number of esters is 1. The van der Waals surface area contributed by atoms with Gasteiger partial charge in [-0.2, -0.15) is 0 Å². The van der Waals surface area contributed by atoms with E-state index in [2.05, 4.69) is 13.8 Å². The molecule has 1 aromatic carbocycles. The van der Waals surface area contributed by atoms with Gasteiger partial charge in [-0.15, -0.1) is 0 Å². The monoisotopic (exact) mass is 330 g/mol. The number of hydrogen-bond donors (Lipinski definition) is 1. The van der Waals surface area contributed by atoms with Gasteiger partial charge in [0.25, 0.3) is 0 Å². The maximum absolute atomic E-state index is 13.1. The van der Waals surface area contributed by atoms with E-state index >= 15 is 0 Å². The van der Waals surface area contributed by atoms with Gasteiger partial charge in [-0.3, -0.25) is 0 Å². The molecule has 0 spiro atoms. The molecule has 3 nitrogen and oxygen atoms in total. The maximum Gasteiger partial charge on any atom is 0.343 e. The van der Waals surface area contributed by atoms with Crippen LogP contribution in [0.2, 0.25) is 0 Å². The molecule has 132 valence electrons. The lowest BCUT2D eigenvalue weighted by Crippen LogP contribution is -2.46. The first-order valence-corrected chi connectivity index (χ1v) is 9.50. The molecule has 0 aliphatic heterocycles. The molecule has 2 unspecified atom stereocenters. The van der Waals surface area contributed by atoms with Gasteiger partial charge < -0.3 is 9.84 Å². The van der Waals surface area contributed by atoms with Crippen LogP contribution in [-0.2, 0) is 15.1 Å². The summed E-state index contributed by atoms with van der Waals surface area (Å²) in [5.41, 5.74) is -0.823. The molecular weight excluding hydrogens is 300 g/mol.